The lowest BCUT2D eigenvalue weighted by molar-refractivity contribution is 0.0695. The smallest absolute Gasteiger partial charge is 0.341 e. The molecule has 0 saturated heterocycles. The fourth-order valence-corrected chi connectivity index (χ4v) is 3.25. The Morgan fingerprint density at radius 3 is 2.52 bits per heavy atom. The number of pyridine rings is 2. The third-order valence-electron chi connectivity index (χ3n) is 4.67. The molecule has 0 aliphatic carbocycles. The number of carboxylic acid groups (broad SMARTS) is 1. The van der Waals surface area contributed by atoms with Gasteiger partial charge in [-0.3, -0.25) is 4.79 Å². The van der Waals surface area contributed by atoms with Gasteiger partial charge >= 0.3 is 5.97 Å². The second-order valence-corrected chi connectivity index (χ2v) is 6.50. The molecule has 1 N–H and O–H groups in total. The molecule has 7 heteroatoms. The monoisotopic (exact) mass is 392 g/mol. The summed E-state index contributed by atoms with van der Waals surface area (Å²) < 4.78 is 29.6. The normalized spacial score (nSPS) is 11.0. The van der Waals surface area contributed by atoms with Gasteiger partial charge in [-0.15, -0.1) is 0 Å². The van der Waals surface area contributed by atoms with Gasteiger partial charge in [-0.25, -0.2) is 14.2 Å². The number of hydrogen-bond acceptors (Lipinski definition) is 3. The van der Waals surface area contributed by atoms with E-state index in [0.29, 0.717) is 22.2 Å². The number of aromatic carboxylic acids is 1. The molecule has 0 unspecified atom stereocenters. The predicted octanol–water partition coefficient (Wildman–Crippen LogP) is 4.09. The fourth-order valence-electron chi connectivity index (χ4n) is 3.25. The van der Waals surface area contributed by atoms with E-state index >= 15 is 0 Å². The third kappa shape index (κ3) is 3.50. The number of para-hydroxylation sites is 1. The highest BCUT2D eigenvalue weighted by Crippen LogP contribution is 2.23. The summed E-state index contributed by atoms with van der Waals surface area (Å²) in [6.07, 6.45) is 2.52. The van der Waals surface area contributed by atoms with Gasteiger partial charge < -0.3 is 9.67 Å². The lowest BCUT2D eigenvalue weighted by Gasteiger charge is -2.13. The Bertz CT molecular complexity index is 1320. The summed E-state index contributed by atoms with van der Waals surface area (Å²) in [6, 6.07) is 13.8. The van der Waals surface area contributed by atoms with E-state index < -0.39 is 23.2 Å². The second kappa shape index (κ2) is 7.27. The third-order valence-corrected chi connectivity index (χ3v) is 4.67. The van der Waals surface area contributed by atoms with Gasteiger partial charge in [0.25, 0.3) is 0 Å². The van der Waals surface area contributed by atoms with Gasteiger partial charge in [0.1, 0.15) is 11.4 Å². The molecule has 2 heterocycles. The molecule has 0 atom stereocenters. The molecule has 4 aromatic rings. The molecule has 5 nitrogen and oxygen atoms in total. The van der Waals surface area contributed by atoms with Crippen molar-refractivity contribution in [1.82, 2.24) is 9.55 Å². The molecule has 144 valence electrons. The molecular weight excluding hydrogens is 378 g/mol. The molecular formula is C22H14F2N2O3. The van der Waals surface area contributed by atoms with Gasteiger partial charge in [0.05, 0.1) is 12.1 Å². The van der Waals surface area contributed by atoms with E-state index in [1.54, 1.807) is 36.4 Å². The number of carboxylic acids is 1. The standard InChI is InChI=1S/C22H14F2N2O3/c23-18-9-13(14-7-8-25-20(24)10-14)5-6-15(18)11-26-12-17(22(28)29)21(27)16-3-1-2-4-19(16)26/h1-10,12H,11H2,(H,28,29). The number of aromatic nitrogens is 2. The zero-order valence-electron chi connectivity index (χ0n) is 15.0. The van der Waals surface area contributed by atoms with Crippen LogP contribution in [-0.2, 0) is 6.54 Å². The van der Waals surface area contributed by atoms with Gasteiger partial charge in [-0.1, -0.05) is 24.3 Å². The highest BCUT2D eigenvalue weighted by atomic mass is 19.1. The van der Waals surface area contributed by atoms with E-state index in [0.717, 1.165) is 0 Å². The van der Waals surface area contributed by atoms with Gasteiger partial charge in [-0.05, 0) is 35.4 Å². The van der Waals surface area contributed by atoms with Crippen molar-refractivity contribution in [2.24, 2.45) is 0 Å². The Labute approximate surface area is 163 Å². The van der Waals surface area contributed by atoms with E-state index in [4.69, 9.17) is 0 Å². The largest absolute Gasteiger partial charge is 0.477 e. The highest BCUT2D eigenvalue weighted by molar-refractivity contribution is 5.92. The zero-order valence-corrected chi connectivity index (χ0v) is 15.0. The number of fused-ring (bicyclic) bond motifs is 1. The molecule has 0 aliphatic rings. The highest BCUT2D eigenvalue weighted by Gasteiger charge is 2.15. The summed E-state index contributed by atoms with van der Waals surface area (Å²) in [6.45, 7) is 0.0257. The number of hydrogen-bond donors (Lipinski definition) is 1. The number of halogens is 2. The predicted molar refractivity (Wildman–Crippen MR) is 104 cm³/mol. The van der Waals surface area contributed by atoms with Crippen LogP contribution in [0.25, 0.3) is 22.0 Å². The van der Waals surface area contributed by atoms with Crippen molar-refractivity contribution in [3.05, 3.63) is 100 Å². The minimum Gasteiger partial charge on any atom is -0.477 e. The van der Waals surface area contributed by atoms with Crippen LogP contribution in [0.2, 0.25) is 0 Å². The SMILES string of the molecule is O=C(O)c1cn(Cc2ccc(-c3ccnc(F)c3)cc2F)c2ccccc2c1=O. The quantitative estimate of drug-likeness (QED) is 0.531. The first-order valence-corrected chi connectivity index (χ1v) is 8.70. The Morgan fingerprint density at radius 2 is 1.79 bits per heavy atom. The first kappa shape index (κ1) is 18.5. The molecule has 0 spiro atoms. The summed E-state index contributed by atoms with van der Waals surface area (Å²) in [4.78, 5) is 27.3. The summed E-state index contributed by atoms with van der Waals surface area (Å²) in [5.74, 6) is -2.53. The van der Waals surface area contributed by atoms with Crippen molar-refractivity contribution in [1.29, 1.82) is 0 Å². The summed E-state index contributed by atoms with van der Waals surface area (Å²) in [5.41, 5.74) is 0.817. The minimum absolute atomic E-state index is 0.0257. The molecule has 2 aromatic carbocycles. The average molecular weight is 392 g/mol. The Morgan fingerprint density at radius 1 is 1.03 bits per heavy atom. The van der Waals surface area contributed by atoms with Crippen LogP contribution in [0.15, 0.2) is 71.8 Å². The summed E-state index contributed by atoms with van der Waals surface area (Å²) in [5, 5.41) is 9.58. The van der Waals surface area contributed by atoms with E-state index in [9.17, 15) is 23.5 Å². The zero-order chi connectivity index (χ0) is 20.5. The number of carbonyl (C=O) groups is 1. The molecule has 29 heavy (non-hydrogen) atoms. The van der Waals surface area contributed by atoms with Crippen LogP contribution >= 0.6 is 0 Å². The second-order valence-electron chi connectivity index (χ2n) is 6.50. The van der Waals surface area contributed by atoms with E-state index in [2.05, 4.69) is 4.98 Å². The van der Waals surface area contributed by atoms with E-state index in [1.165, 1.54) is 35.2 Å². The molecule has 0 radical (unpaired) electrons. The van der Waals surface area contributed by atoms with Crippen molar-refractivity contribution in [2.45, 2.75) is 6.54 Å². The van der Waals surface area contributed by atoms with Crippen molar-refractivity contribution in [3.8, 4) is 11.1 Å². The molecule has 2 aromatic heterocycles. The molecule has 0 saturated carbocycles. The first-order valence-electron chi connectivity index (χ1n) is 8.70. The molecule has 0 bridgehead atoms. The molecule has 0 amide bonds. The fraction of sp³-hybridized carbons (Fsp3) is 0.0455. The number of nitrogens with zero attached hydrogens (tertiary/aromatic N) is 2. The van der Waals surface area contributed by atoms with Crippen LogP contribution in [0.5, 0.6) is 0 Å². The topological polar surface area (TPSA) is 72.2 Å². The van der Waals surface area contributed by atoms with Crippen molar-refractivity contribution >= 4 is 16.9 Å². The number of benzene rings is 2. The maximum Gasteiger partial charge on any atom is 0.341 e. The van der Waals surface area contributed by atoms with Crippen molar-refractivity contribution in [2.75, 3.05) is 0 Å². The van der Waals surface area contributed by atoms with E-state index in [-0.39, 0.29) is 17.5 Å². The van der Waals surface area contributed by atoms with Gasteiger partial charge in [0, 0.05) is 29.4 Å². The Balaban J connectivity index is 1.78. The van der Waals surface area contributed by atoms with Gasteiger partial charge in [0.15, 0.2) is 0 Å². The average Bonchev–Trinajstić information content (AvgIpc) is 2.71. The lowest BCUT2D eigenvalue weighted by Crippen LogP contribution is -2.19. The van der Waals surface area contributed by atoms with Crippen LogP contribution < -0.4 is 5.43 Å². The van der Waals surface area contributed by atoms with Crippen molar-refractivity contribution < 1.29 is 18.7 Å². The molecule has 4 rings (SSSR count). The lowest BCUT2D eigenvalue weighted by atomic mass is 10.0. The summed E-state index contributed by atoms with van der Waals surface area (Å²) >= 11 is 0. The van der Waals surface area contributed by atoms with E-state index in [1.807, 2.05) is 0 Å². The van der Waals surface area contributed by atoms with Crippen LogP contribution in [0.4, 0.5) is 8.78 Å². The summed E-state index contributed by atoms with van der Waals surface area (Å²) in [7, 11) is 0. The van der Waals surface area contributed by atoms with Crippen LogP contribution in [0, 0.1) is 11.8 Å². The van der Waals surface area contributed by atoms with Crippen molar-refractivity contribution in [3.63, 3.8) is 0 Å². The maximum absolute atomic E-state index is 14.8. The first-order chi connectivity index (χ1) is 13.9. The van der Waals surface area contributed by atoms with Crippen LogP contribution in [-0.4, -0.2) is 20.6 Å². The Hall–Kier alpha value is -3.87. The van der Waals surface area contributed by atoms with Crippen LogP contribution in [0.3, 0.4) is 0 Å². The molecule has 0 fully saturated rings. The van der Waals surface area contributed by atoms with Gasteiger partial charge in [0.2, 0.25) is 11.4 Å². The van der Waals surface area contributed by atoms with Gasteiger partial charge in [-0.2, -0.15) is 4.39 Å². The Kier molecular flexibility index (Phi) is 4.64. The van der Waals surface area contributed by atoms with Crippen LogP contribution in [0.1, 0.15) is 15.9 Å². The molecule has 0 aliphatic heterocycles. The maximum atomic E-state index is 14.8. The number of rotatable bonds is 4. The minimum atomic E-state index is -1.34.